The van der Waals surface area contributed by atoms with Gasteiger partial charge in [0.05, 0.1) is 12.0 Å². The monoisotopic (exact) mass is 274 g/mol. The molecule has 102 valence electrons. The number of carbonyl (C=O) groups excluding carboxylic acids is 1. The van der Waals surface area contributed by atoms with E-state index in [0.717, 1.165) is 0 Å². The fourth-order valence-electron chi connectivity index (χ4n) is 2.29. The Labute approximate surface area is 111 Å². The van der Waals surface area contributed by atoms with E-state index >= 15 is 0 Å². The summed E-state index contributed by atoms with van der Waals surface area (Å²) in [6, 6.07) is 6.17. The molecule has 1 atom stereocenters. The van der Waals surface area contributed by atoms with Gasteiger partial charge in [-0.05, 0) is 17.7 Å². The van der Waals surface area contributed by atoms with Crippen molar-refractivity contribution < 1.29 is 14.6 Å². The maximum absolute atomic E-state index is 11.9. The van der Waals surface area contributed by atoms with Gasteiger partial charge < -0.3 is 9.84 Å². The molecule has 2 aromatic rings. The minimum Gasteiger partial charge on any atom is -0.508 e. The third-order valence-electron chi connectivity index (χ3n) is 3.17. The van der Waals surface area contributed by atoms with Crippen molar-refractivity contribution in [1.82, 2.24) is 9.97 Å². The van der Waals surface area contributed by atoms with Crippen LogP contribution in [-0.4, -0.2) is 21.0 Å². The van der Waals surface area contributed by atoms with Gasteiger partial charge in [0, 0.05) is 5.92 Å². The highest BCUT2D eigenvalue weighted by atomic mass is 16.5. The van der Waals surface area contributed by atoms with E-state index in [2.05, 4.69) is 9.97 Å². The number of nitrogens with one attached hydrogen (secondary N) is 2. The number of phenols is 1. The molecule has 0 aliphatic carbocycles. The molecule has 1 aromatic heterocycles. The Morgan fingerprint density at radius 1 is 1.10 bits per heavy atom. The molecule has 0 radical (unpaired) electrons. The van der Waals surface area contributed by atoms with Crippen molar-refractivity contribution in [1.29, 1.82) is 0 Å². The van der Waals surface area contributed by atoms with Crippen LogP contribution in [-0.2, 0) is 4.79 Å². The Kier molecular flexibility index (Phi) is 2.67. The number of ether oxygens (including phenoxy) is 1. The molecule has 0 spiro atoms. The fraction of sp³-hybridized carbons (Fsp3) is 0.154. The summed E-state index contributed by atoms with van der Waals surface area (Å²) in [4.78, 5) is 39.2. The summed E-state index contributed by atoms with van der Waals surface area (Å²) in [7, 11) is 0. The molecule has 2 heterocycles. The van der Waals surface area contributed by atoms with Crippen molar-refractivity contribution in [2.24, 2.45) is 0 Å². The van der Waals surface area contributed by atoms with Gasteiger partial charge in [-0.3, -0.25) is 19.6 Å². The molecule has 0 bridgehead atoms. The Bertz CT molecular complexity index is 788. The summed E-state index contributed by atoms with van der Waals surface area (Å²) in [5.74, 6) is -1.08. The lowest BCUT2D eigenvalue weighted by Gasteiger charge is -2.22. The van der Waals surface area contributed by atoms with Crippen molar-refractivity contribution in [2.45, 2.75) is 12.3 Å². The second-order valence-electron chi connectivity index (χ2n) is 4.47. The van der Waals surface area contributed by atoms with E-state index in [1.165, 1.54) is 12.1 Å². The topological polar surface area (TPSA) is 112 Å². The molecule has 7 heteroatoms. The van der Waals surface area contributed by atoms with Crippen LogP contribution in [0.3, 0.4) is 0 Å². The number of esters is 1. The lowest BCUT2D eigenvalue weighted by atomic mass is 9.88. The van der Waals surface area contributed by atoms with Crippen molar-refractivity contribution in [3.8, 4) is 11.6 Å². The Balaban J connectivity index is 2.19. The normalized spacial score (nSPS) is 17.4. The van der Waals surface area contributed by atoms with Crippen LogP contribution < -0.4 is 16.0 Å². The third-order valence-corrected chi connectivity index (χ3v) is 3.17. The van der Waals surface area contributed by atoms with Crippen LogP contribution in [0.1, 0.15) is 23.5 Å². The van der Waals surface area contributed by atoms with E-state index in [-0.39, 0.29) is 23.6 Å². The van der Waals surface area contributed by atoms with Crippen LogP contribution in [0.15, 0.2) is 33.9 Å². The molecule has 0 fully saturated rings. The summed E-state index contributed by atoms with van der Waals surface area (Å²) < 4.78 is 4.91. The van der Waals surface area contributed by atoms with E-state index in [1.807, 2.05) is 0 Å². The smallest absolute Gasteiger partial charge is 0.328 e. The van der Waals surface area contributed by atoms with Gasteiger partial charge in [-0.15, -0.1) is 0 Å². The van der Waals surface area contributed by atoms with Crippen molar-refractivity contribution in [2.75, 3.05) is 0 Å². The predicted molar refractivity (Wildman–Crippen MR) is 67.9 cm³/mol. The van der Waals surface area contributed by atoms with Gasteiger partial charge in [0.15, 0.2) is 0 Å². The molecule has 20 heavy (non-hydrogen) atoms. The van der Waals surface area contributed by atoms with E-state index in [9.17, 15) is 19.5 Å². The summed E-state index contributed by atoms with van der Waals surface area (Å²) in [5, 5.41) is 9.29. The maximum Gasteiger partial charge on any atom is 0.328 e. The SMILES string of the molecule is O=C1CC(c2ccc(O)cc2)c2c([nH]c(=O)[nH]c2=O)O1. The second kappa shape index (κ2) is 4.37. The number of rotatable bonds is 1. The van der Waals surface area contributed by atoms with Gasteiger partial charge in [-0.2, -0.15) is 0 Å². The first-order valence-electron chi connectivity index (χ1n) is 5.90. The van der Waals surface area contributed by atoms with E-state index in [0.29, 0.717) is 5.56 Å². The van der Waals surface area contributed by atoms with Crippen molar-refractivity contribution in [3.63, 3.8) is 0 Å². The molecule has 1 aliphatic heterocycles. The lowest BCUT2D eigenvalue weighted by Crippen LogP contribution is -2.33. The minimum absolute atomic E-state index is 0.00704. The Hall–Kier alpha value is -2.83. The predicted octanol–water partition coefficient (Wildman–Crippen LogP) is 0.210. The average Bonchev–Trinajstić information content (AvgIpc) is 2.37. The molecular weight excluding hydrogens is 264 g/mol. The van der Waals surface area contributed by atoms with Crippen LogP contribution in [0.5, 0.6) is 11.6 Å². The van der Waals surface area contributed by atoms with Gasteiger partial charge in [0.25, 0.3) is 5.56 Å². The summed E-state index contributed by atoms with van der Waals surface area (Å²) >= 11 is 0. The third kappa shape index (κ3) is 1.99. The van der Waals surface area contributed by atoms with Crippen LogP contribution in [0, 0.1) is 0 Å². The first kappa shape index (κ1) is 12.2. The number of aromatic nitrogens is 2. The number of hydrogen-bond acceptors (Lipinski definition) is 5. The second-order valence-corrected chi connectivity index (χ2v) is 4.47. The van der Waals surface area contributed by atoms with Gasteiger partial charge in [-0.1, -0.05) is 12.1 Å². The first-order chi connectivity index (χ1) is 9.54. The highest BCUT2D eigenvalue weighted by Crippen LogP contribution is 2.34. The number of aromatic amines is 2. The summed E-state index contributed by atoms with van der Waals surface area (Å²) in [5.41, 5.74) is -0.435. The highest BCUT2D eigenvalue weighted by Gasteiger charge is 2.32. The molecule has 7 nitrogen and oxygen atoms in total. The number of phenolic OH excluding ortho intramolecular Hbond substituents is 1. The molecule has 3 N–H and O–H groups in total. The maximum atomic E-state index is 11.9. The van der Waals surface area contributed by atoms with E-state index in [4.69, 9.17) is 4.74 Å². The number of benzene rings is 1. The lowest BCUT2D eigenvalue weighted by molar-refractivity contribution is -0.136. The zero-order chi connectivity index (χ0) is 14.3. The van der Waals surface area contributed by atoms with E-state index < -0.39 is 23.1 Å². The number of fused-ring (bicyclic) bond motifs is 1. The number of H-pyrrole nitrogens is 2. The number of aromatic hydroxyl groups is 1. The Morgan fingerprint density at radius 2 is 1.80 bits per heavy atom. The standard InChI is InChI=1S/C13H10N2O5/c16-7-3-1-6(2-4-7)8-5-9(17)20-12-10(8)11(18)14-13(19)15-12/h1-4,8,16H,5H2,(H2,14,15,18,19). The molecule has 1 unspecified atom stereocenters. The van der Waals surface area contributed by atoms with Crippen LogP contribution in [0.4, 0.5) is 0 Å². The van der Waals surface area contributed by atoms with E-state index in [1.54, 1.807) is 12.1 Å². The molecule has 3 rings (SSSR count). The van der Waals surface area contributed by atoms with Crippen molar-refractivity contribution in [3.05, 3.63) is 56.2 Å². The summed E-state index contributed by atoms with van der Waals surface area (Å²) in [6.07, 6.45) is -0.00704. The van der Waals surface area contributed by atoms with Crippen LogP contribution in [0.25, 0.3) is 0 Å². The largest absolute Gasteiger partial charge is 0.508 e. The van der Waals surface area contributed by atoms with Crippen LogP contribution >= 0.6 is 0 Å². The quantitative estimate of drug-likeness (QED) is 0.643. The zero-order valence-electron chi connectivity index (χ0n) is 10.2. The van der Waals surface area contributed by atoms with Crippen molar-refractivity contribution >= 4 is 5.97 Å². The van der Waals surface area contributed by atoms with Crippen LogP contribution in [0.2, 0.25) is 0 Å². The number of carbonyl (C=O) groups is 1. The molecular formula is C13H10N2O5. The first-order valence-corrected chi connectivity index (χ1v) is 5.90. The fourth-order valence-corrected chi connectivity index (χ4v) is 2.29. The molecule has 1 aliphatic rings. The number of hydrogen-bond donors (Lipinski definition) is 3. The van der Waals surface area contributed by atoms with Gasteiger partial charge in [-0.25, -0.2) is 4.79 Å². The molecule has 1 aromatic carbocycles. The highest BCUT2D eigenvalue weighted by molar-refractivity contribution is 5.76. The summed E-state index contributed by atoms with van der Waals surface area (Å²) in [6.45, 7) is 0. The average molecular weight is 274 g/mol. The van der Waals surface area contributed by atoms with Gasteiger partial charge in [0.1, 0.15) is 5.75 Å². The molecule has 0 saturated heterocycles. The Morgan fingerprint density at radius 3 is 2.50 bits per heavy atom. The van der Waals surface area contributed by atoms with Gasteiger partial charge >= 0.3 is 11.7 Å². The molecule has 0 amide bonds. The van der Waals surface area contributed by atoms with Gasteiger partial charge in [0.2, 0.25) is 5.88 Å². The zero-order valence-corrected chi connectivity index (χ0v) is 10.2. The minimum atomic E-state index is -0.729. The molecule has 0 saturated carbocycles.